The van der Waals surface area contributed by atoms with Gasteiger partial charge in [-0.3, -0.25) is 0 Å². The van der Waals surface area contributed by atoms with Gasteiger partial charge in [0.05, 0.1) is 6.04 Å². The van der Waals surface area contributed by atoms with E-state index < -0.39 is 0 Å². The van der Waals surface area contributed by atoms with Crippen LogP contribution in [0.5, 0.6) is 11.5 Å². The number of hydrogen-bond acceptors (Lipinski definition) is 6. The molecular weight excluding hydrogens is 316 g/mol. The molecule has 0 aliphatic carbocycles. The highest BCUT2D eigenvalue weighted by molar-refractivity contribution is 6.29. The second-order valence-electron chi connectivity index (χ2n) is 5.63. The van der Waals surface area contributed by atoms with Crippen molar-refractivity contribution in [2.75, 3.05) is 30.4 Å². The van der Waals surface area contributed by atoms with Gasteiger partial charge >= 0.3 is 0 Å². The van der Waals surface area contributed by atoms with E-state index in [9.17, 15) is 0 Å². The SMILES string of the molecule is Nc1nc(Cl)cc(N2CCCC2c2cccc3c2OCCO3)n1. The summed E-state index contributed by atoms with van der Waals surface area (Å²) in [4.78, 5) is 10.5. The van der Waals surface area contributed by atoms with E-state index in [4.69, 9.17) is 26.8 Å². The van der Waals surface area contributed by atoms with Gasteiger partial charge in [-0.15, -0.1) is 0 Å². The monoisotopic (exact) mass is 332 g/mol. The lowest BCUT2D eigenvalue weighted by Gasteiger charge is -2.29. The van der Waals surface area contributed by atoms with Crippen molar-refractivity contribution in [1.29, 1.82) is 0 Å². The van der Waals surface area contributed by atoms with E-state index in [-0.39, 0.29) is 12.0 Å². The first-order valence-electron chi connectivity index (χ1n) is 7.67. The van der Waals surface area contributed by atoms with Gasteiger partial charge in [-0.2, -0.15) is 4.98 Å². The zero-order chi connectivity index (χ0) is 15.8. The maximum atomic E-state index is 6.04. The molecule has 1 fully saturated rings. The zero-order valence-electron chi connectivity index (χ0n) is 12.5. The van der Waals surface area contributed by atoms with Crippen LogP contribution in [0.4, 0.5) is 11.8 Å². The Kier molecular flexibility index (Phi) is 3.61. The molecule has 1 unspecified atom stereocenters. The van der Waals surface area contributed by atoms with Crippen molar-refractivity contribution >= 4 is 23.4 Å². The van der Waals surface area contributed by atoms with Crippen molar-refractivity contribution in [2.24, 2.45) is 0 Å². The Hall–Kier alpha value is -2.21. The molecule has 1 aromatic carbocycles. The van der Waals surface area contributed by atoms with Crippen LogP contribution in [0.3, 0.4) is 0 Å². The Bertz CT molecular complexity index is 720. The third-order valence-corrected chi connectivity index (χ3v) is 4.40. The Morgan fingerprint density at radius 1 is 1.22 bits per heavy atom. The van der Waals surface area contributed by atoms with Crippen LogP contribution in [0.1, 0.15) is 24.4 Å². The first-order chi connectivity index (χ1) is 11.2. The van der Waals surface area contributed by atoms with E-state index in [1.165, 1.54) is 0 Å². The molecule has 0 spiro atoms. The number of para-hydroxylation sites is 1. The minimum atomic E-state index is 0.164. The van der Waals surface area contributed by atoms with E-state index in [0.717, 1.165) is 42.3 Å². The number of nitrogen functional groups attached to an aromatic ring is 1. The summed E-state index contributed by atoms with van der Waals surface area (Å²) < 4.78 is 11.6. The van der Waals surface area contributed by atoms with Crippen LogP contribution >= 0.6 is 11.6 Å². The molecule has 3 heterocycles. The molecule has 0 saturated carbocycles. The summed E-state index contributed by atoms with van der Waals surface area (Å²) in [5.41, 5.74) is 6.86. The van der Waals surface area contributed by atoms with Gasteiger partial charge in [-0.1, -0.05) is 23.7 Å². The van der Waals surface area contributed by atoms with E-state index >= 15 is 0 Å². The second kappa shape index (κ2) is 5.77. The topological polar surface area (TPSA) is 73.5 Å². The highest BCUT2D eigenvalue weighted by Crippen LogP contribution is 2.44. The van der Waals surface area contributed by atoms with Crippen LogP contribution < -0.4 is 20.1 Å². The minimum Gasteiger partial charge on any atom is -0.486 e. The fraction of sp³-hybridized carbons (Fsp3) is 0.375. The molecule has 2 aliphatic heterocycles. The molecule has 6 nitrogen and oxygen atoms in total. The van der Waals surface area contributed by atoms with Crippen molar-refractivity contribution in [3.05, 3.63) is 35.0 Å². The molecule has 120 valence electrons. The molecule has 7 heteroatoms. The molecule has 1 saturated heterocycles. The molecule has 1 aromatic heterocycles. The molecule has 0 radical (unpaired) electrons. The van der Waals surface area contributed by atoms with Crippen LogP contribution in [0.2, 0.25) is 5.15 Å². The second-order valence-corrected chi connectivity index (χ2v) is 6.02. The Morgan fingerprint density at radius 2 is 2.09 bits per heavy atom. The van der Waals surface area contributed by atoms with E-state index in [1.54, 1.807) is 6.07 Å². The standard InChI is InChI=1S/C16H17ClN4O2/c17-13-9-14(20-16(18)19-13)21-6-2-4-11(21)10-3-1-5-12-15(10)23-8-7-22-12/h1,3,5,9,11H,2,4,6-8H2,(H2,18,19,20). The number of nitrogens with zero attached hydrogens (tertiary/aromatic N) is 3. The fourth-order valence-electron chi connectivity index (χ4n) is 3.29. The first kappa shape index (κ1) is 14.4. The minimum absolute atomic E-state index is 0.164. The molecular formula is C16H17ClN4O2. The summed E-state index contributed by atoms with van der Waals surface area (Å²) in [5, 5.41) is 0.354. The maximum absolute atomic E-state index is 6.04. The van der Waals surface area contributed by atoms with Gasteiger partial charge in [0.2, 0.25) is 5.95 Å². The maximum Gasteiger partial charge on any atom is 0.223 e. The lowest BCUT2D eigenvalue weighted by atomic mass is 10.0. The lowest BCUT2D eigenvalue weighted by Crippen LogP contribution is -2.25. The largest absolute Gasteiger partial charge is 0.486 e. The summed E-state index contributed by atoms with van der Waals surface area (Å²) in [5.74, 6) is 2.58. The van der Waals surface area contributed by atoms with Crippen molar-refractivity contribution in [2.45, 2.75) is 18.9 Å². The van der Waals surface area contributed by atoms with Crippen LogP contribution in [-0.2, 0) is 0 Å². The molecule has 2 N–H and O–H groups in total. The fourth-order valence-corrected chi connectivity index (χ4v) is 3.48. The van der Waals surface area contributed by atoms with Crippen molar-refractivity contribution in [3.8, 4) is 11.5 Å². The third-order valence-electron chi connectivity index (χ3n) is 4.20. The van der Waals surface area contributed by atoms with Gasteiger partial charge in [0.1, 0.15) is 24.2 Å². The number of fused-ring (bicyclic) bond motifs is 1. The van der Waals surface area contributed by atoms with Crippen LogP contribution in [-0.4, -0.2) is 29.7 Å². The normalized spacial score (nSPS) is 19.9. The predicted octanol–water partition coefficient (Wildman–Crippen LogP) is 2.82. The van der Waals surface area contributed by atoms with Gasteiger partial charge in [0, 0.05) is 18.2 Å². The lowest BCUT2D eigenvalue weighted by molar-refractivity contribution is 0.169. The Morgan fingerprint density at radius 3 is 2.96 bits per heavy atom. The van der Waals surface area contributed by atoms with Crippen LogP contribution in [0, 0.1) is 0 Å². The summed E-state index contributed by atoms with van der Waals surface area (Å²) in [7, 11) is 0. The number of halogens is 1. The van der Waals surface area contributed by atoms with Gasteiger partial charge in [-0.05, 0) is 18.9 Å². The highest BCUT2D eigenvalue weighted by Gasteiger charge is 2.31. The van der Waals surface area contributed by atoms with Crippen molar-refractivity contribution < 1.29 is 9.47 Å². The van der Waals surface area contributed by atoms with E-state index in [2.05, 4.69) is 20.9 Å². The number of nitrogens with two attached hydrogens (primary N) is 1. The summed E-state index contributed by atoms with van der Waals surface area (Å²) in [6, 6.07) is 7.94. The van der Waals surface area contributed by atoms with Crippen LogP contribution in [0.25, 0.3) is 0 Å². The van der Waals surface area contributed by atoms with Gasteiger partial charge in [0.15, 0.2) is 11.5 Å². The molecule has 2 aliphatic rings. The van der Waals surface area contributed by atoms with E-state index in [0.29, 0.717) is 18.4 Å². The number of rotatable bonds is 2. The summed E-state index contributed by atoms with van der Waals surface area (Å²) in [6.45, 7) is 2.05. The Labute approximate surface area is 139 Å². The number of anilines is 2. The summed E-state index contributed by atoms with van der Waals surface area (Å²) >= 11 is 6.04. The molecule has 1 atom stereocenters. The van der Waals surface area contributed by atoms with Gasteiger partial charge in [-0.25, -0.2) is 4.98 Å². The Balaban J connectivity index is 1.74. The summed E-state index contributed by atoms with van der Waals surface area (Å²) in [6.07, 6.45) is 2.08. The predicted molar refractivity (Wildman–Crippen MR) is 88.2 cm³/mol. The van der Waals surface area contributed by atoms with Gasteiger partial charge < -0.3 is 20.1 Å². The number of hydrogen-bond donors (Lipinski definition) is 1. The van der Waals surface area contributed by atoms with Crippen LogP contribution in [0.15, 0.2) is 24.3 Å². The number of ether oxygens (including phenoxy) is 2. The van der Waals surface area contributed by atoms with Crippen molar-refractivity contribution in [1.82, 2.24) is 9.97 Å². The quantitative estimate of drug-likeness (QED) is 0.852. The molecule has 0 bridgehead atoms. The highest BCUT2D eigenvalue weighted by atomic mass is 35.5. The van der Waals surface area contributed by atoms with Gasteiger partial charge in [0.25, 0.3) is 0 Å². The third kappa shape index (κ3) is 2.63. The van der Waals surface area contributed by atoms with E-state index in [1.807, 2.05) is 12.1 Å². The number of aromatic nitrogens is 2. The molecule has 23 heavy (non-hydrogen) atoms. The molecule has 4 rings (SSSR count). The molecule has 0 amide bonds. The number of benzene rings is 1. The average Bonchev–Trinajstić information content (AvgIpc) is 3.03. The smallest absolute Gasteiger partial charge is 0.223 e. The average molecular weight is 333 g/mol. The van der Waals surface area contributed by atoms with Crippen molar-refractivity contribution in [3.63, 3.8) is 0 Å². The zero-order valence-corrected chi connectivity index (χ0v) is 13.3. The molecule has 2 aromatic rings. The first-order valence-corrected chi connectivity index (χ1v) is 8.05.